The Morgan fingerprint density at radius 1 is 1.50 bits per heavy atom. The van der Waals surface area contributed by atoms with E-state index in [0.29, 0.717) is 0 Å². The summed E-state index contributed by atoms with van der Waals surface area (Å²) in [7, 11) is 2.08. The minimum atomic E-state index is 0. The zero-order valence-electron chi connectivity index (χ0n) is 9.97. The molecule has 1 heterocycles. The SMILES string of the molecule is CCc1cnc(CN(C)CC(C)N)s1.Cl.Cl. The maximum atomic E-state index is 5.72. The van der Waals surface area contributed by atoms with E-state index < -0.39 is 0 Å². The van der Waals surface area contributed by atoms with Crippen LogP contribution in [0.25, 0.3) is 0 Å². The number of aryl methyl sites for hydroxylation is 1. The number of rotatable bonds is 5. The molecule has 3 nitrogen and oxygen atoms in total. The van der Waals surface area contributed by atoms with Gasteiger partial charge in [0.25, 0.3) is 0 Å². The molecule has 0 radical (unpaired) electrons. The van der Waals surface area contributed by atoms with Gasteiger partial charge in [-0.25, -0.2) is 4.98 Å². The molecule has 1 aromatic heterocycles. The van der Waals surface area contributed by atoms with Crippen LogP contribution in [0.2, 0.25) is 0 Å². The van der Waals surface area contributed by atoms with E-state index in [2.05, 4.69) is 23.9 Å². The van der Waals surface area contributed by atoms with Crippen LogP contribution in [0.15, 0.2) is 6.20 Å². The zero-order valence-corrected chi connectivity index (χ0v) is 12.4. The monoisotopic (exact) mass is 285 g/mol. The van der Waals surface area contributed by atoms with E-state index in [1.165, 1.54) is 9.88 Å². The van der Waals surface area contributed by atoms with Crippen molar-refractivity contribution in [1.82, 2.24) is 9.88 Å². The predicted molar refractivity (Wildman–Crippen MR) is 76.0 cm³/mol. The van der Waals surface area contributed by atoms with E-state index in [1.54, 1.807) is 11.3 Å². The zero-order chi connectivity index (χ0) is 10.6. The summed E-state index contributed by atoms with van der Waals surface area (Å²) in [5.41, 5.74) is 5.72. The Bertz CT molecular complexity index is 279. The maximum Gasteiger partial charge on any atom is 0.107 e. The molecule has 16 heavy (non-hydrogen) atoms. The molecular formula is C10H21Cl2N3S. The Labute approximate surface area is 114 Å². The first-order valence-electron chi connectivity index (χ1n) is 4.99. The minimum Gasteiger partial charge on any atom is -0.327 e. The van der Waals surface area contributed by atoms with Crippen LogP contribution in [-0.4, -0.2) is 29.5 Å². The Kier molecular flexibility index (Phi) is 10.6. The maximum absolute atomic E-state index is 5.72. The molecule has 0 saturated heterocycles. The lowest BCUT2D eigenvalue weighted by Crippen LogP contribution is -2.32. The molecule has 0 spiro atoms. The fourth-order valence-corrected chi connectivity index (χ4v) is 2.31. The smallest absolute Gasteiger partial charge is 0.107 e. The molecule has 0 aliphatic heterocycles. The van der Waals surface area contributed by atoms with Crippen LogP contribution >= 0.6 is 36.2 Å². The van der Waals surface area contributed by atoms with E-state index in [1.807, 2.05) is 13.1 Å². The Balaban J connectivity index is 0. The van der Waals surface area contributed by atoms with Gasteiger partial charge < -0.3 is 5.73 Å². The molecular weight excluding hydrogens is 265 g/mol. The van der Waals surface area contributed by atoms with E-state index in [4.69, 9.17) is 5.73 Å². The van der Waals surface area contributed by atoms with Gasteiger partial charge in [0.05, 0.1) is 6.54 Å². The first-order chi connectivity index (χ1) is 6.61. The van der Waals surface area contributed by atoms with Crippen molar-refractivity contribution in [2.75, 3.05) is 13.6 Å². The largest absolute Gasteiger partial charge is 0.327 e. The third-order valence-corrected chi connectivity index (χ3v) is 3.08. The molecule has 0 aliphatic rings. The molecule has 0 aliphatic carbocycles. The van der Waals surface area contributed by atoms with Crippen molar-refractivity contribution in [3.63, 3.8) is 0 Å². The Hall–Kier alpha value is 0.130. The van der Waals surface area contributed by atoms with Gasteiger partial charge in [0.1, 0.15) is 5.01 Å². The van der Waals surface area contributed by atoms with Crippen molar-refractivity contribution >= 4 is 36.2 Å². The molecule has 2 N–H and O–H groups in total. The fourth-order valence-electron chi connectivity index (χ4n) is 1.37. The number of hydrogen-bond acceptors (Lipinski definition) is 4. The van der Waals surface area contributed by atoms with Crippen LogP contribution in [0.3, 0.4) is 0 Å². The summed E-state index contributed by atoms with van der Waals surface area (Å²) in [6, 6.07) is 0.227. The second-order valence-corrected chi connectivity index (χ2v) is 4.95. The number of nitrogens with two attached hydrogens (primary N) is 1. The average Bonchev–Trinajstić information content (AvgIpc) is 2.50. The summed E-state index contributed by atoms with van der Waals surface area (Å²) < 4.78 is 0. The first kappa shape index (κ1) is 18.5. The second kappa shape index (κ2) is 9.19. The van der Waals surface area contributed by atoms with Gasteiger partial charge in [-0.05, 0) is 20.4 Å². The van der Waals surface area contributed by atoms with Crippen molar-refractivity contribution in [3.05, 3.63) is 16.1 Å². The van der Waals surface area contributed by atoms with Gasteiger partial charge in [0, 0.05) is 23.7 Å². The summed E-state index contributed by atoms with van der Waals surface area (Å²) in [5, 5.41) is 1.19. The molecule has 0 aromatic carbocycles. The summed E-state index contributed by atoms with van der Waals surface area (Å²) in [4.78, 5) is 7.94. The summed E-state index contributed by atoms with van der Waals surface area (Å²) >= 11 is 1.79. The third-order valence-electron chi connectivity index (χ3n) is 1.95. The highest BCUT2D eigenvalue weighted by molar-refractivity contribution is 7.11. The molecule has 1 aromatic rings. The van der Waals surface area contributed by atoms with Crippen LogP contribution in [0.4, 0.5) is 0 Å². The van der Waals surface area contributed by atoms with E-state index in [9.17, 15) is 0 Å². The van der Waals surface area contributed by atoms with Crippen LogP contribution < -0.4 is 5.73 Å². The van der Waals surface area contributed by atoms with Crippen molar-refractivity contribution in [2.24, 2.45) is 5.73 Å². The van der Waals surface area contributed by atoms with Crippen molar-refractivity contribution in [2.45, 2.75) is 32.9 Å². The van der Waals surface area contributed by atoms with E-state index >= 15 is 0 Å². The summed E-state index contributed by atoms with van der Waals surface area (Å²) in [5.74, 6) is 0. The quantitative estimate of drug-likeness (QED) is 0.903. The topological polar surface area (TPSA) is 42.2 Å². The van der Waals surface area contributed by atoms with Gasteiger partial charge in [-0.3, -0.25) is 4.90 Å². The van der Waals surface area contributed by atoms with Crippen molar-refractivity contribution < 1.29 is 0 Å². The lowest BCUT2D eigenvalue weighted by Gasteiger charge is -2.16. The average molecular weight is 286 g/mol. The minimum absolute atomic E-state index is 0. The number of nitrogens with zero attached hydrogens (tertiary/aromatic N) is 2. The molecule has 0 saturated carbocycles. The van der Waals surface area contributed by atoms with Gasteiger partial charge in [0.2, 0.25) is 0 Å². The standard InChI is InChI=1S/C10H19N3S.2ClH/c1-4-9-5-12-10(14-9)7-13(3)6-8(2)11;;/h5,8H,4,6-7,11H2,1-3H3;2*1H. The van der Waals surface area contributed by atoms with Crippen LogP contribution in [0.1, 0.15) is 23.7 Å². The van der Waals surface area contributed by atoms with Crippen molar-refractivity contribution in [1.29, 1.82) is 0 Å². The van der Waals surface area contributed by atoms with Crippen LogP contribution in [0.5, 0.6) is 0 Å². The lowest BCUT2D eigenvalue weighted by atomic mass is 10.3. The highest BCUT2D eigenvalue weighted by Crippen LogP contribution is 2.14. The summed E-state index contributed by atoms with van der Waals surface area (Å²) in [6.45, 7) is 6.01. The number of hydrogen-bond donors (Lipinski definition) is 1. The number of likely N-dealkylation sites (N-methyl/N-ethyl adjacent to an activating group) is 1. The lowest BCUT2D eigenvalue weighted by molar-refractivity contribution is 0.309. The van der Waals surface area contributed by atoms with E-state index in [-0.39, 0.29) is 30.9 Å². The number of aromatic nitrogens is 1. The molecule has 96 valence electrons. The fraction of sp³-hybridized carbons (Fsp3) is 0.700. The predicted octanol–water partition coefficient (Wildman–Crippen LogP) is 2.33. The highest BCUT2D eigenvalue weighted by Gasteiger charge is 2.06. The number of thiazole rings is 1. The molecule has 0 bridgehead atoms. The van der Waals surface area contributed by atoms with Gasteiger partial charge in [-0.1, -0.05) is 6.92 Å². The second-order valence-electron chi connectivity index (χ2n) is 3.75. The van der Waals surface area contributed by atoms with Crippen molar-refractivity contribution in [3.8, 4) is 0 Å². The Morgan fingerprint density at radius 3 is 2.56 bits per heavy atom. The molecule has 0 amide bonds. The molecule has 1 atom stereocenters. The first-order valence-corrected chi connectivity index (χ1v) is 5.81. The van der Waals surface area contributed by atoms with Crippen LogP contribution in [-0.2, 0) is 13.0 Å². The third kappa shape index (κ3) is 6.66. The van der Waals surface area contributed by atoms with Gasteiger partial charge in [0.15, 0.2) is 0 Å². The molecule has 0 fully saturated rings. The normalized spacial score (nSPS) is 11.8. The molecule has 6 heteroatoms. The van der Waals surface area contributed by atoms with Gasteiger partial charge in [-0.15, -0.1) is 36.2 Å². The molecule has 1 rings (SSSR count). The van der Waals surface area contributed by atoms with Gasteiger partial charge >= 0.3 is 0 Å². The van der Waals surface area contributed by atoms with E-state index in [0.717, 1.165) is 19.5 Å². The van der Waals surface area contributed by atoms with Gasteiger partial charge in [-0.2, -0.15) is 0 Å². The Morgan fingerprint density at radius 2 is 2.12 bits per heavy atom. The van der Waals surface area contributed by atoms with Crippen LogP contribution in [0, 0.1) is 0 Å². The summed E-state index contributed by atoms with van der Waals surface area (Å²) in [6.07, 6.45) is 3.05. The highest BCUT2D eigenvalue weighted by atomic mass is 35.5. The number of halogens is 2. The molecule has 1 unspecified atom stereocenters.